The molecule has 3 aromatic rings. The van der Waals surface area contributed by atoms with Gasteiger partial charge in [-0.15, -0.1) is 6.42 Å². The fourth-order valence-electron chi connectivity index (χ4n) is 4.34. The third-order valence-corrected chi connectivity index (χ3v) is 6.03. The number of terminal acetylenes is 1. The smallest absolute Gasteiger partial charge is 0.346 e. The molecular formula is C27H25F3N4O. The maximum atomic E-state index is 12.9. The normalized spacial score (nSPS) is 15.6. The fourth-order valence-corrected chi connectivity index (χ4v) is 4.34. The molecule has 1 aromatic carbocycles. The number of pyridine rings is 2. The van der Waals surface area contributed by atoms with Gasteiger partial charge in [-0.05, 0) is 47.4 Å². The molecule has 0 spiro atoms. The Morgan fingerprint density at radius 1 is 1.17 bits per heavy atom. The van der Waals surface area contributed by atoms with Crippen LogP contribution in [0.5, 0.6) is 0 Å². The van der Waals surface area contributed by atoms with Gasteiger partial charge in [0, 0.05) is 31.0 Å². The van der Waals surface area contributed by atoms with Crippen LogP contribution in [0.2, 0.25) is 0 Å². The van der Waals surface area contributed by atoms with E-state index in [1.165, 1.54) is 12.1 Å². The molecule has 180 valence electrons. The first-order valence-electron chi connectivity index (χ1n) is 11.2. The minimum atomic E-state index is -4.36. The average molecular weight is 479 g/mol. The highest BCUT2D eigenvalue weighted by Gasteiger charge is 2.35. The van der Waals surface area contributed by atoms with E-state index in [0.717, 1.165) is 29.0 Å². The largest absolute Gasteiger partial charge is 0.416 e. The molecule has 0 radical (unpaired) electrons. The highest BCUT2D eigenvalue weighted by atomic mass is 19.4. The molecule has 0 fully saturated rings. The molecule has 8 heteroatoms. The van der Waals surface area contributed by atoms with Crippen molar-refractivity contribution in [2.75, 3.05) is 0 Å². The number of halogens is 3. The van der Waals surface area contributed by atoms with E-state index in [1.807, 2.05) is 6.07 Å². The minimum absolute atomic E-state index is 0.00303. The van der Waals surface area contributed by atoms with E-state index < -0.39 is 11.7 Å². The molecule has 4 rings (SSSR count). The second-order valence-electron chi connectivity index (χ2n) is 8.92. The lowest BCUT2D eigenvalue weighted by molar-refractivity contribution is -0.137. The zero-order valence-corrected chi connectivity index (χ0v) is 19.4. The molecule has 0 saturated heterocycles. The van der Waals surface area contributed by atoms with Crippen LogP contribution in [0, 0.1) is 18.3 Å². The topological polar surface area (TPSA) is 58.1 Å². The third kappa shape index (κ3) is 5.52. The molecule has 1 aliphatic heterocycles. The van der Waals surface area contributed by atoms with Gasteiger partial charge in [0.25, 0.3) is 5.91 Å². The van der Waals surface area contributed by atoms with Gasteiger partial charge in [0.05, 0.1) is 35.1 Å². The number of alkyl halides is 3. The SMILES string of the molecule is C#Cc1ccc(CNC(=O)c2cnc3c(c2)CN(Cc2ccc(C(F)(F)F)cc2)[C@H]3C(C)C)nc1. The first-order valence-corrected chi connectivity index (χ1v) is 11.2. The summed E-state index contributed by atoms with van der Waals surface area (Å²) in [6, 6.07) is 10.6. The van der Waals surface area contributed by atoms with E-state index >= 15 is 0 Å². The zero-order chi connectivity index (χ0) is 25.2. The molecule has 1 N–H and O–H groups in total. The Morgan fingerprint density at radius 3 is 2.51 bits per heavy atom. The molecule has 1 atom stereocenters. The van der Waals surface area contributed by atoms with Crippen molar-refractivity contribution in [3.05, 3.63) is 94.1 Å². The van der Waals surface area contributed by atoms with Gasteiger partial charge in [-0.3, -0.25) is 19.7 Å². The number of carbonyl (C=O) groups is 1. The molecule has 3 heterocycles. The van der Waals surface area contributed by atoms with Gasteiger partial charge in [-0.2, -0.15) is 13.2 Å². The minimum Gasteiger partial charge on any atom is -0.346 e. The van der Waals surface area contributed by atoms with Crippen molar-refractivity contribution < 1.29 is 18.0 Å². The summed E-state index contributed by atoms with van der Waals surface area (Å²) in [4.78, 5) is 23.7. The quantitative estimate of drug-likeness (QED) is 0.500. The van der Waals surface area contributed by atoms with Crippen LogP contribution >= 0.6 is 0 Å². The molecule has 0 bridgehead atoms. The first-order chi connectivity index (χ1) is 16.7. The number of nitrogens with one attached hydrogen (secondary N) is 1. The molecule has 0 unspecified atom stereocenters. The molecule has 1 aliphatic rings. The maximum Gasteiger partial charge on any atom is 0.416 e. The molecule has 35 heavy (non-hydrogen) atoms. The van der Waals surface area contributed by atoms with Crippen LogP contribution in [0.25, 0.3) is 0 Å². The average Bonchev–Trinajstić information content (AvgIpc) is 3.19. The number of hydrogen-bond acceptors (Lipinski definition) is 4. The Balaban J connectivity index is 1.46. The second-order valence-corrected chi connectivity index (χ2v) is 8.92. The zero-order valence-electron chi connectivity index (χ0n) is 19.4. The predicted octanol–water partition coefficient (Wildman–Crippen LogP) is 5.12. The Labute approximate surface area is 202 Å². The van der Waals surface area contributed by atoms with Gasteiger partial charge < -0.3 is 5.32 Å². The summed E-state index contributed by atoms with van der Waals surface area (Å²) in [5.74, 6) is 2.47. The van der Waals surface area contributed by atoms with Crippen molar-refractivity contribution >= 4 is 5.91 Å². The number of benzene rings is 1. The molecule has 0 saturated carbocycles. The number of nitrogens with zero attached hydrogens (tertiary/aromatic N) is 3. The van der Waals surface area contributed by atoms with Crippen molar-refractivity contribution in [2.45, 2.75) is 45.7 Å². The van der Waals surface area contributed by atoms with E-state index in [2.05, 4.69) is 40.0 Å². The van der Waals surface area contributed by atoms with Crippen LogP contribution in [0.15, 0.2) is 54.9 Å². The fraction of sp³-hybridized carbons (Fsp3) is 0.296. The van der Waals surface area contributed by atoms with E-state index in [9.17, 15) is 18.0 Å². The molecule has 0 aliphatic carbocycles. The molecule has 2 aromatic heterocycles. The van der Waals surface area contributed by atoms with Crippen LogP contribution in [-0.2, 0) is 25.8 Å². The maximum absolute atomic E-state index is 12.9. The van der Waals surface area contributed by atoms with Crippen LogP contribution < -0.4 is 5.32 Å². The summed E-state index contributed by atoms with van der Waals surface area (Å²) >= 11 is 0. The van der Waals surface area contributed by atoms with E-state index in [4.69, 9.17) is 6.42 Å². The number of fused-ring (bicyclic) bond motifs is 1. The third-order valence-electron chi connectivity index (χ3n) is 6.03. The van der Waals surface area contributed by atoms with Crippen molar-refractivity contribution in [1.82, 2.24) is 20.2 Å². The van der Waals surface area contributed by atoms with Gasteiger partial charge in [0.1, 0.15) is 0 Å². The van der Waals surface area contributed by atoms with E-state index in [0.29, 0.717) is 29.9 Å². The lowest BCUT2D eigenvalue weighted by Gasteiger charge is -2.27. The predicted molar refractivity (Wildman–Crippen MR) is 126 cm³/mol. The van der Waals surface area contributed by atoms with Gasteiger partial charge in [0.2, 0.25) is 0 Å². The first kappa shape index (κ1) is 24.4. The number of amides is 1. The van der Waals surface area contributed by atoms with Crippen LogP contribution in [0.1, 0.15) is 63.9 Å². The number of rotatable bonds is 6. The lowest BCUT2D eigenvalue weighted by Crippen LogP contribution is -2.26. The summed E-state index contributed by atoms with van der Waals surface area (Å²) < 4.78 is 38.7. The van der Waals surface area contributed by atoms with Crippen molar-refractivity contribution in [3.8, 4) is 12.3 Å². The summed E-state index contributed by atoms with van der Waals surface area (Å²) in [6.45, 7) is 5.47. The highest BCUT2D eigenvalue weighted by Crippen LogP contribution is 2.39. The summed E-state index contributed by atoms with van der Waals surface area (Å²) in [5.41, 5.74) is 3.78. The van der Waals surface area contributed by atoms with E-state index in [-0.39, 0.29) is 24.4 Å². The highest BCUT2D eigenvalue weighted by molar-refractivity contribution is 5.94. The Morgan fingerprint density at radius 2 is 1.91 bits per heavy atom. The van der Waals surface area contributed by atoms with Crippen LogP contribution in [0.4, 0.5) is 13.2 Å². The van der Waals surface area contributed by atoms with Gasteiger partial charge in [-0.25, -0.2) is 0 Å². The Kier molecular flexibility index (Phi) is 6.90. The van der Waals surface area contributed by atoms with Crippen molar-refractivity contribution in [3.63, 3.8) is 0 Å². The molecular weight excluding hydrogens is 453 g/mol. The number of hydrogen-bond donors (Lipinski definition) is 1. The second kappa shape index (κ2) is 9.88. The van der Waals surface area contributed by atoms with Crippen LogP contribution in [-0.4, -0.2) is 20.8 Å². The van der Waals surface area contributed by atoms with Crippen LogP contribution in [0.3, 0.4) is 0 Å². The standard InChI is InChI=1S/C27H25F3N4O/c1-4-18-7-10-23(31-12-18)14-33-26(35)20-11-21-16-34(25(17(2)3)24(21)32-13-20)15-19-5-8-22(9-6-19)27(28,29)30/h1,5-13,17,25H,14-16H2,2-3H3,(H,33,35)/t25-/m0/s1. The summed E-state index contributed by atoms with van der Waals surface area (Å²) in [6.07, 6.45) is 4.13. The Bertz CT molecular complexity index is 1250. The Hall–Kier alpha value is -3.70. The van der Waals surface area contributed by atoms with E-state index in [1.54, 1.807) is 24.5 Å². The van der Waals surface area contributed by atoms with Crippen molar-refractivity contribution in [1.29, 1.82) is 0 Å². The monoisotopic (exact) mass is 478 g/mol. The number of aromatic nitrogens is 2. The van der Waals surface area contributed by atoms with Gasteiger partial charge in [-0.1, -0.05) is 31.9 Å². The lowest BCUT2D eigenvalue weighted by atomic mass is 9.99. The van der Waals surface area contributed by atoms with Gasteiger partial charge >= 0.3 is 6.18 Å². The van der Waals surface area contributed by atoms with Gasteiger partial charge in [0.15, 0.2) is 0 Å². The summed E-state index contributed by atoms with van der Waals surface area (Å²) in [7, 11) is 0. The molecule has 1 amide bonds. The number of carbonyl (C=O) groups excluding carboxylic acids is 1. The van der Waals surface area contributed by atoms with Crippen molar-refractivity contribution in [2.24, 2.45) is 5.92 Å². The summed E-state index contributed by atoms with van der Waals surface area (Å²) in [5, 5.41) is 2.85. The molecule has 5 nitrogen and oxygen atoms in total.